The smallest absolute Gasteiger partial charge is 0.160 e. The van der Waals surface area contributed by atoms with Gasteiger partial charge >= 0.3 is 0 Å². The molecule has 0 radical (unpaired) electrons. The monoisotopic (exact) mass is 324 g/mol. The summed E-state index contributed by atoms with van der Waals surface area (Å²) in [6, 6.07) is 5.62. The molecule has 0 bridgehead atoms. The Morgan fingerprint density at radius 1 is 1.32 bits per heavy atom. The van der Waals surface area contributed by atoms with Crippen LogP contribution in [0.2, 0.25) is 0 Å². The van der Waals surface area contributed by atoms with Gasteiger partial charge in [-0.05, 0) is 72.2 Å². The second-order valence-corrected chi connectivity index (χ2v) is 7.03. The van der Waals surface area contributed by atoms with E-state index in [4.69, 9.17) is 4.74 Å². The summed E-state index contributed by atoms with van der Waals surface area (Å²) >= 11 is 3.43. The minimum absolute atomic E-state index is 0.0674. The van der Waals surface area contributed by atoms with Crippen LogP contribution < -0.4 is 4.74 Å². The topological polar surface area (TPSA) is 26.3 Å². The molecule has 0 aromatic heterocycles. The normalized spacial score (nSPS) is 19.2. The number of carbonyl (C=O) groups excluding carboxylic acids is 1. The zero-order chi connectivity index (χ0) is 14.0. The number of benzene rings is 1. The van der Waals surface area contributed by atoms with E-state index in [1.54, 1.807) is 6.92 Å². The fraction of sp³-hybridized carbons (Fsp3) is 0.562. The summed E-state index contributed by atoms with van der Waals surface area (Å²) < 4.78 is 6.84. The van der Waals surface area contributed by atoms with Gasteiger partial charge in [-0.15, -0.1) is 0 Å². The molecule has 2 rings (SSSR count). The second kappa shape index (κ2) is 5.66. The number of carbonyl (C=O) groups is 1. The molecule has 0 unspecified atom stereocenters. The highest BCUT2D eigenvalue weighted by molar-refractivity contribution is 9.10. The maximum atomic E-state index is 11.4. The lowest BCUT2D eigenvalue weighted by Gasteiger charge is -2.34. The molecule has 1 aliphatic rings. The van der Waals surface area contributed by atoms with Crippen LogP contribution in [0.25, 0.3) is 0 Å². The third-order valence-corrected chi connectivity index (χ3v) is 4.56. The van der Waals surface area contributed by atoms with Gasteiger partial charge in [0, 0.05) is 10.0 Å². The SMILES string of the molecule is CC(=O)c1ccc(OC2CCC(C)(C)CC2)cc1Br. The minimum atomic E-state index is 0.0674. The highest BCUT2D eigenvalue weighted by Crippen LogP contribution is 2.37. The van der Waals surface area contributed by atoms with Crippen LogP contribution in [0.15, 0.2) is 22.7 Å². The first kappa shape index (κ1) is 14.6. The summed E-state index contributed by atoms with van der Waals surface area (Å²) in [5, 5.41) is 0. The van der Waals surface area contributed by atoms with Gasteiger partial charge in [0.1, 0.15) is 5.75 Å². The quantitative estimate of drug-likeness (QED) is 0.731. The molecule has 1 aromatic carbocycles. The van der Waals surface area contributed by atoms with Crippen LogP contribution in [-0.4, -0.2) is 11.9 Å². The third kappa shape index (κ3) is 3.82. The van der Waals surface area contributed by atoms with E-state index in [1.165, 1.54) is 12.8 Å². The number of hydrogen-bond acceptors (Lipinski definition) is 2. The molecule has 0 spiro atoms. The molecule has 0 atom stereocenters. The predicted molar refractivity (Wildman–Crippen MR) is 80.8 cm³/mol. The Morgan fingerprint density at radius 2 is 1.95 bits per heavy atom. The Labute approximate surface area is 123 Å². The van der Waals surface area contributed by atoms with Gasteiger partial charge in [-0.3, -0.25) is 4.79 Å². The van der Waals surface area contributed by atoms with E-state index in [-0.39, 0.29) is 5.78 Å². The maximum absolute atomic E-state index is 11.4. The summed E-state index contributed by atoms with van der Waals surface area (Å²) in [6.07, 6.45) is 4.95. The molecule has 1 fully saturated rings. The maximum Gasteiger partial charge on any atom is 0.160 e. The summed E-state index contributed by atoms with van der Waals surface area (Å²) in [5.74, 6) is 0.916. The van der Waals surface area contributed by atoms with Gasteiger partial charge in [-0.2, -0.15) is 0 Å². The molecule has 0 saturated heterocycles. The van der Waals surface area contributed by atoms with E-state index in [0.717, 1.165) is 23.1 Å². The van der Waals surface area contributed by atoms with Crippen molar-refractivity contribution in [1.29, 1.82) is 0 Å². The Hall–Kier alpha value is -0.830. The molecule has 0 heterocycles. The molecule has 0 amide bonds. The zero-order valence-corrected chi connectivity index (χ0v) is 13.4. The standard InChI is InChI=1S/C16H21BrO2/c1-11(18)14-5-4-13(10-15(14)17)19-12-6-8-16(2,3)9-7-12/h4-5,10,12H,6-9H2,1-3H3. The van der Waals surface area contributed by atoms with Crippen LogP contribution in [0.1, 0.15) is 56.8 Å². The van der Waals surface area contributed by atoms with Gasteiger partial charge in [0.2, 0.25) is 0 Å². The molecular formula is C16H21BrO2. The summed E-state index contributed by atoms with van der Waals surface area (Å²) in [7, 11) is 0. The van der Waals surface area contributed by atoms with Gasteiger partial charge in [-0.1, -0.05) is 13.8 Å². The first-order valence-electron chi connectivity index (χ1n) is 6.84. The average molecular weight is 325 g/mol. The number of ketones is 1. The number of rotatable bonds is 3. The molecule has 1 saturated carbocycles. The van der Waals surface area contributed by atoms with E-state index < -0.39 is 0 Å². The minimum Gasteiger partial charge on any atom is -0.490 e. The Bertz CT molecular complexity index is 470. The van der Waals surface area contributed by atoms with Crippen LogP contribution in [0.4, 0.5) is 0 Å². The van der Waals surface area contributed by atoms with Gasteiger partial charge in [0.05, 0.1) is 6.10 Å². The Kier molecular flexibility index (Phi) is 4.34. The van der Waals surface area contributed by atoms with Crippen molar-refractivity contribution in [2.75, 3.05) is 0 Å². The second-order valence-electron chi connectivity index (χ2n) is 6.18. The first-order valence-corrected chi connectivity index (χ1v) is 7.64. The average Bonchev–Trinajstić information content (AvgIpc) is 2.31. The van der Waals surface area contributed by atoms with E-state index in [0.29, 0.717) is 17.1 Å². The van der Waals surface area contributed by atoms with Crippen LogP contribution >= 0.6 is 15.9 Å². The van der Waals surface area contributed by atoms with Gasteiger partial charge in [0.25, 0.3) is 0 Å². The zero-order valence-electron chi connectivity index (χ0n) is 11.8. The van der Waals surface area contributed by atoms with Crippen molar-refractivity contribution >= 4 is 21.7 Å². The number of ether oxygens (including phenoxy) is 1. The van der Waals surface area contributed by atoms with Crippen molar-refractivity contribution in [2.24, 2.45) is 5.41 Å². The fourth-order valence-corrected chi connectivity index (χ4v) is 3.17. The van der Waals surface area contributed by atoms with Crippen LogP contribution in [-0.2, 0) is 0 Å². The van der Waals surface area contributed by atoms with E-state index in [9.17, 15) is 4.79 Å². The Balaban J connectivity index is 2.01. The van der Waals surface area contributed by atoms with Crippen molar-refractivity contribution in [3.05, 3.63) is 28.2 Å². The Morgan fingerprint density at radius 3 is 2.47 bits per heavy atom. The van der Waals surface area contributed by atoms with E-state index in [1.807, 2.05) is 18.2 Å². The van der Waals surface area contributed by atoms with Gasteiger partial charge in [0.15, 0.2) is 5.78 Å². The molecule has 0 aliphatic heterocycles. The van der Waals surface area contributed by atoms with Crippen molar-refractivity contribution in [3.63, 3.8) is 0 Å². The van der Waals surface area contributed by atoms with Gasteiger partial charge in [-0.25, -0.2) is 0 Å². The molecule has 19 heavy (non-hydrogen) atoms. The number of halogens is 1. The molecule has 2 nitrogen and oxygen atoms in total. The van der Waals surface area contributed by atoms with Crippen LogP contribution in [0, 0.1) is 5.41 Å². The lowest BCUT2D eigenvalue weighted by Crippen LogP contribution is -2.28. The molecule has 1 aromatic rings. The summed E-state index contributed by atoms with van der Waals surface area (Å²) in [4.78, 5) is 11.4. The van der Waals surface area contributed by atoms with Crippen molar-refractivity contribution in [2.45, 2.75) is 52.6 Å². The van der Waals surface area contributed by atoms with Crippen molar-refractivity contribution in [3.8, 4) is 5.75 Å². The molecule has 0 N–H and O–H groups in total. The highest BCUT2D eigenvalue weighted by atomic mass is 79.9. The summed E-state index contributed by atoms with van der Waals surface area (Å²) in [5.41, 5.74) is 1.16. The van der Waals surface area contributed by atoms with Gasteiger partial charge < -0.3 is 4.74 Å². The molecule has 104 valence electrons. The first-order chi connectivity index (χ1) is 8.87. The molecular weight excluding hydrogens is 304 g/mol. The van der Waals surface area contributed by atoms with E-state index >= 15 is 0 Å². The predicted octanol–water partition coefficient (Wildman–Crippen LogP) is 5.00. The number of hydrogen-bond donors (Lipinski definition) is 0. The third-order valence-electron chi connectivity index (χ3n) is 3.91. The molecule has 1 aliphatic carbocycles. The van der Waals surface area contributed by atoms with Crippen molar-refractivity contribution in [1.82, 2.24) is 0 Å². The fourth-order valence-electron chi connectivity index (χ4n) is 2.54. The number of Topliss-reactive ketones (excluding diaryl/α,β-unsaturated/α-hetero) is 1. The molecule has 3 heteroatoms. The van der Waals surface area contributed by atoms with Crippen LogP contribution in [0.3, 0.4) is 0 Å². The lowest BCUT2D eigenvalue weighted by molar-refractivity contribution is 0.0984. The van der Waals surface area contributed by atoms with Crippen LogP contribution in [0.5, 0.6) is 5.75 Å². The van der Waals surface area contributed by atoms with E-state index in [2.05, 4.69) is 29.8 Å². The summed E-state index contributed by atoms with van der Waals surface area (Å²) in [6.45, 7) is 6.22. The lowest BCUT2D eigenvalue weighted by atomic mass is 9.76. The van der Waals surface area contributed by atoms with Crippen molar-refractivity contribution < 1.29 is 9.53 Å². The largest absolute Gasteiger partial charge is 0.490 e. The highest BCUT2D eigenvalue weighted by Gasteiger charge is 2.27.